The van der Waals surface area contributed by atoms with Crippen LogP contribution in [0.4, 0.5) is 25.0 Å². The van der Waals surface area contributed by atoms with Gasteiger partial charge in [0.05, 0.1) is 11.7 Å². The molecule has 26 heavy (non-hydrogen) atoms. The Morgan fingerprint density at radius 2 is 1.88 bits per heavy atom. The Morgan fingerprint density at radius 1 is 1.12 bits per heavy atom. The van der Waals surface area contributed by atoms with Crippen LogP contribution in [0.1, 0.15) is 17.5 Å². The zero-order valence-electron chi connectivity index (χ0n) is 14.5. The number of carbonyl (C=O) groups is 2. The second kappa shape index (κ2) is 7.11. The number of hydrogen-bond acceptors (Lipinski definition) is 2. The van der Waals surface area contributed by atoms with Crippen molar-refractivity contribution in [2.24, 2.45) is 0 Å². The summed E-state index contributed by atoms with van der Waals surface area (Å²) in [5, 5.41) is 4.98. The zero-order chi connectivity index (χ0) is 18.8. The van der Waals surface area contributed by atoms with Crippen LogP contribution in [0, 0.1) is 25.5 Å². The fraction of sp³-hybridized carbons (Fsp3) is 0.263. The van der Waals surface area contributed by atoms with Crippen molar-refractivity contribution in [1.29, 1.82) is 0 Å². The topological polar surface area (TPSA) is 61.4 Å². The Morgan fingerprint density at radius 3 is 2.58 bits per heavy atom. The Hall–Kier alpha value is -2.96. The number of benzene rings is 2. The normalized spacial score (nSPS) is 16.7. The Balaban J connectivity index is 1.63. The molecule has 1 atom stereocenters. The van der Waals surface area contributed by atoms with E-state index in [-0.39, 0.29) is 18.0 Å². The molecule has 136 valence electrons. The van der Waals surface area contributed by atoms with Crippen LogP contribution in [0.15, 0.2) is 36.4 Å². The molecule has 2 aromatic carbocycles. The molecule has 0 unspecified atom stereocenters. The number of nitrogens with one attached hydrogen (secondary N) is 2. The molecule has 2 aromatic rings. The van der Waals surface area contributed by atoms with E-state index in [1.165, 1.54) is 0 Å². The number of carbonyl (C=O) groups excluding carboxylic acids is 2. The fourth-order valence-corrected chi connectivity index (χ4v) is 2.88. The van der Waals surface area contributed by atoms with Crippen LogP contribution in [-0.2, 0) is 4.79 Å². The van der Waals surface area contributed by atoms with E-state index in [0.29, 0.717) is 12.6 Å². The third-order valence-electron chi connectivity index (χ3n) is 4.44. The number of urea groups is 1. The average molecular weight is 359 g/mol. The van der Waals surface area contributed by atoms with Gasteiger partial charge < -0.3 is 15.5 Å². The summed E-state index contributed by atoms with van der Waals surface area (Å²) in [4.78, 5) is 25.9. The number of halogens is 2. The van der Waals surface area contributed by atoms with Gasteiger partial charge in [-0.25, -0.2) is 13.6 Å². The summed E-state index contributed by atoms with van der Waals surface area (Å²) in [6.45, 7) is 4.30. The van der Waals surface area contributed by atoms with Crippen LogP contribution in [0.2, 0.25) is 0 Å². The fourth-order valence-electron chi connectivity index (χ4n) is 2.88. The molecule has 1 aliphatic heterocycles. The number of aryl methyl sites for hydroxylation is 2. The molecular formula is C19H19F2N3O2. The van der Waals surface area contributed by atoms with Crippen molar-refractivity contribution in [3.63, 3.8) is 0 Å². The van der Waals surface area contributed by atoms with Gasteiger partial charge in [-0.05, 0) is 49.2 Å². The van der Waals surface area contributed by atoms with E-state index in [2.05, 4.69) is 10.6 Å². The van der Waals surface area contributed by atoms with Gasteiger partial charge in [-0.3, -0.25) is 4.79 Å². The second-order valence-corrected chi connectivity index (χ2v) is 6.40. The van der Waals surface area contributed by atoms with E-state index in [4.69, 9.17) is 0 Å². The molecule has 1 heterocycles. The molecule has 3 rings (SSSR count). The van der Waals surface area contributed by atoms with Gasteiger partial charge in [0.25, 0.3) is 0 Å². The minimum atomic E-state index is -0.862. The summed E-state index contributed by atoms with van der Waals surface area (Å²) in [5.41, 5.74) is 2.87. The van der Waals surface area contributed by atoms with Crippen molar-refractivity contribution in [2.45, 2.75) is 26.3 Å². The third-order valence-corrected chi connectivity index (χ3v) is 4.44. The standard InChI is InChI=1S/C19H19F2N3O2/c1-11-3-5-15(7-12(11)2)24-10-14(9-18(24)25)22-19(26)23-17-6-4-13(20)8-16(17)21/h3-8,14H,9-10H2,1-2H3,(H2,22,23,26)/t14-/m1/s1. The molecule has 1 saturated heterocycles. The number of anilines is 2. The van der Waals surface area contributed by atoms with E-state index in [9.17, 15) is 18.4 Å². The van der Waals surface area contributed by atoms with Gasteiger partial charge in [0.1, 0.15) is 11.6 Å². The monoisotopic (exact) mass is 359 g/mol. The first-order valence-electron chi connectivity index (χ1n) is 8.23. The molecule has 1 aliphatic rings. The van der Waals surface area contributed by atoms with E-state index in [1.807, 2.05) is 32.0 Å². The van der Waals surface area contributed by atoms with Crippen molar-refractivity contribution in [3.8, 4) is 0 Å². The quantitative estimate of drug-likeness (QED) is 0.881. The highest BCUT2D eigenvalue weighted by Gasteiger charge is 2.31. The van der Waals surface area contributed by atoms with E-state index in [1.54, 1.807) is 4.90 Å². The number of amides is 3. The SMILES string of the molecule is Cc1ccc(N2C[C@H](NC(=O)Nc3ccc(F)cc3F)CC2=O)cc1C. The molecule has 0 radical (unpaired) electrons. The summed E-state index contributed by atoms with van der Waals surface area (Å²) in [5.74, 6) is -1.68. The Kier molecular flexibility index (Phi) is 4.88. The molecule has 0 aromatic heterocycles. The number of nitrogens with zero attached hydrogens (tertiary/aromatic N) is 1. The summed E-state index contributed by atoms with van der Waals surface area (Å²) in [6.07, 6.45) is 0.159. The average Bonchev–Trinajstić information content (AvgIpc) is 2.93. The van der Waals surface area contributed by atoms with E-state index >= 15 is 0 Å². The molecular weight excluding hydrogens is 340 g/mol. The third kappa shape index (κ3) is 3.82. The molecule has 0 saturated carbocycles. The number of rotatable bonds is 3. The van der Waals surface area contributed by atoms with Crippen molar-refractivity contribution >= 4 is 23.3 Å². The summed E-state index contributed by atoms with van der Waals surface area (Å²) in [6, 6.07) is 7.60. The Bertz CT molecular complexity index is 870. The first-order valence-corrected chi connectivity index (χ1v) is 8.23. The first-order chi connectivity index (χ1) is 12.3. The first kappa shape index (κ1) is 17.8. The molecule has 3 amide bonds. The van der Waals surface area contributed by atoms with Crippen LogP contribution in [0.3, 0.4) is 0 Å². The van der Waals surface area contributed by atoms with Crippen molar-refractivity contribution < 1.29 is 18.4 Å². The molecule has 7 heteroatoms. The second-order valence-electron chi connectivity index (χ2n) is 6.40. The minimum Gasteiger partial charge on any atom is -0.333 e. The van der Waals surface area contributed by atoms with Gasteiger partial charge in [-0.1, -0.05) is 6.07 Å². The summed E-state index contributed by atoms with van der Waals surface area (Å²) in [7, 11) is 0. The summed E-state index contributed by atoms with van der Waals surface area (Å²) < 4.78 is 26.5. The maximum absolute atomic E-state index is 13.6. The van der Waals surface area contributed by atoms with Crippen LogP contribution in [0.25, 0.3) is 0 Å². The van der Waals surface area contributed by atoms with Crippen LogP contribution in [0.5, 0.6) is 0 Å². The van der Waals surface area contributed by atoms with Gasteiger partial charge in [-0.15, -0.1) is 0 Å². The van der Waals surface area contributed by atoms with Gasteiger partial charge in [0, 0.05) is 24.7 Å². The molecule has 5 nitrogen and oxygen atoms in total. The van der Waals surface area contributed by atoms with Crippen molar-refractivity contribution in [2.75, 3.05) is 16.8 Å². The maximum Gasteiger partial charge on any atom is 0.319 e. The molecule has 0 bridgehead atoms. The van der Waals surface area contributed by atoms with E-state index in [0.717, 1.165) is 28.9 Å². The highest BCUT2D eigenvalue weighted by molar-refractivity contribution is 5.97. The lowest BCUT2D eigenvalue weighted by Crippen LogP contribution is -2.39. The molecule has 1 fully saturated rings. The van der Waals surface area contributed by atoms with Gasteiger partial charge in [0.2, 0.25) is 5.91 Å². The van der Waals surface area contributed by atoms with Crippen LogP contribution in [-0.4, -0.2) is 24.5 Å². The smallest absolute Gasteiger partial charge is 0.319 e. The molecule has 2 N–H and O–H groups in total. The Labute approximate surface area is 150 Å². The lowest BCUT2D eigenvalue weighted by Gasteiger charge is -2.18. The molecule has 0 aliphatic carbocycles. The minimum absolute atomic E-state index is 0.0912. The molecule has 0 spiro atoms. The largest absolute Gasteiger partial charge is 0.333 e. The van der Waals surface area contributed by atoms with Gasteiger partial charge >= 0.3 is 6.03 Å². The summed E-state index contributed by atoms with van der Waals surface area (Å²) >= 11 is 0. The predicted octanol–water partition coefficient (Wildman–Crippen LogP) is 3.51. The van der Waals surface area contributed by atoms with Gasteiger partial charge in [-0.2, -0.15) is 0 Å². The lowest BCUT2D eigenvalue weighted by molar-refractivity contribution is -0.117. The van der Waals surface area contributed by atoms with Crippen molar-refractivity contribution in [1.82, 2.24) is 5.32 Å². The van der Waals surface area contributed by atoms with Crippen LogP contribution >= 0.6 is 0 Å². The highest BCUT2D eigenvalue weighted by Crippen LogP contribution is 2.24. The van der Waals surface area contributed by atoms with Crippen LogP contribution < -0.4 is 15.5 Å². The maximum atomic E-state index is 13.6. The van der Waals surface area contributed by atoms with Gasteiger partial charge in [0.15, 0.2) is 0 Å². The van der Waals surface area contributed by atoms with E-state index < -0.39 is 23.7 Å². The predicted molar refractivity (Wildman–Crippen MR) is 95.2 cm³/mol. The van der Waals surface area contributed by atoms with Crippen molar-refractivity contribution in [3.05, 3.63) is 59.2 Å². The lowest BCUT2D eigenvalue weighted by atomic mass is 10.1. The highest BCUT2D eigenvalue weighted by atomic mass is 19.1. The number of hydrogen-bond donors (Lipinski definition) is 2. The zero-order valence-corrected chi connectivity index (χ0v) is 14.5.